The summed E-state index contributed by atoms with van der Waals surface area (Å²) in [4.78, 5) is 37.0. The van der Waals surface area contributed by atoms with Gasteiger partial charge in [-0.1, -0.05) is 31.5 Å². The fraction of sp³-hybridized carbons (Fsp3) is 0.300. The summed E-state index contributed by atoms with van der Waals surface area (Å²) in [5.41, 5.74) is 1.42. The first kappa shape index (κ1) is 20.1. The standard InChI is InChI=1S/C20H23N3O4/c1-3-4-12-22(17-8-6-5-7-9-17)19(24)14-21-20(25)16-10-11-18(23(26)27)15(2)13-16/h5-11,13H,3-4,12,14H2,1-2H3,(H,21,25). The van der Waals surface area contributed by atoms with Crippen molar-refractivity contribution in [1.82, 2.24) is 5.32 Å². The minimum Gasteiger partial charge on any atom is -0.343 e. The lowest BCUT2D eigenvalue weighted by atomic mass is 10.1. The first-order valence-electron chi connectivity index (χ1n) is 8.82. The molecule has 7 nitrogen and oxygen atoms in total. The van der Waals surface area contributed by atoms with Crippen LogP contribution < -0.4 is 10.2 Å². The van der Waals surface area contributed by atoms with Crippen molar-refractivity contribution in [3.05, 3.63) is 69.8 Å². The van der Waals surface area contributed by atoms with E-state index in [0.717, 1.165) is 18.5 Å². The summed E-state index contributed by atoms with van der Waals surface area (Å²) in [6.45, 7) is 4.05. The Labute approximate surface area is 158 Å². The zero-order chi connectivity index (χ0) is 19.8. The van der Waals surface area contributed by atoms with Crippen molar-refractivity contribution >= 4 is 23.2 Å². The number of hydrogen-bond donors (Lipinski definition) is 1. The highest BCUT2D eigenvalue weighted by Gasteiger charge is 2.18. The molecule has 7 heteroatoms. The normalized spacial score (nSPS) is 10.3. The summed E-state index contributed by atoms with van der Waals surface area (Å²) < 4.78 is 0. The van der Waals surface area contributed by atoms with Gasteiger partial charge in [0.05, 0.1) is 11.5 Å². The number of para-hydroxylation sites is 1. The maximum atomic E-state index is 12.6. The Morgan fingerprint density at radius 2 is 1.85 bits per heavy atom. The fourth-order valence-electron chi connectivity index (χ4n) is 2.68. The predicted molar refractivity (Wildman–Crippen MR) is 104 cm³/mol. The van der Waals surface area contributed by atoms with E-state index in [-0.39, 0.29) is 23.7 Å². The zero-order valence-electron chi connectivity index (χ0n) is 15.5. The molecule has 0 aromatic heterocycles. The third kappa shape index (κ3) is 5.37. The Kier molecular flexibility index (Phi) is 7.05. The maximum absolute atomic E-state index is 12.6. The van der Waals surface area contributed by atoms with Crippen molar-refractivity contribution in [2.45, 2.75) is 26.7 Å². The van der Waals surface area contributed by atoms with Gasteiger partial charge in [0.2, 0.25) is 5.91 Å². The van der Waals surface area contributed by atoms with Gasteiger partial charge in [-0.15, -0.1) is 0 Å². The SMILES string of the molecule is CCCCN(C(=O)CNC(=O)c1ccc([N+](=O)[O-])c(C)c1)c1ccccc1. The minimum atomic E-state index is -0.494. The van der Waals surface area contributed by atoms with E-state index in [0.29, 0.717) is 12.1 Å². The summed E-state index contributed by atoms with van der Waals surface area (Å²) in [5.74, 6) is -0.647. The van der Waals surface area contributed by atoms with Crippen LogP contribution in [0.3, 0.4) is 0 Å². The second-order valence-electron chi connectivity index (χ2n) is 6.18. The Bertz CT molecular complexity index is 821. The lowest BCUT2D eigenvalue weighted by Crippen LogP contribution is -2.40. The molecule has 2 aromatic carbocycles. The van der Waals surface area contributed by atoms with Crippen molar-refractivity contribution in [2.75, 3.05) is 18.0 Å². The van der Waals surface area contributed by atoms with Gasteiger partial charge < -0.3 is 10.2 Å². The van der Waals surface area contributed by atoms with Crippen LogP contribution in [-0.4, -0.2) is 29.8 Å². The van der Waals surface area contributed by atoms with Gasteiger partial charge in [-0.05, 0) is 37.6 Å². The number of benzene rings is 2. The molecule has 2 aromatic rings. The number of carbonyl (C=O) groups is 2. The monoisotopic (exact) mass is 369 g/mol. The van der Waals surface area contributed by atoms with Crippen LogP contribution in [0.4, 0.5) is 11.4 Å². The number of hydrogen-bond acceptors (Lipinski definition) is 4. The van der Waals surface area contributed by atoms with E-state index in [2.05, 4.69) is 5.32 Å². The van der Waals surface area contributed by atoms with Gasteiger partial charge >= 0.3 is 0 Å². The van der Waals surface area contributed by atoms with E-state index in [4.69, 9.17) is 0 Å². The number of aryl methyl sites for hydroxylation is 1. The molecular weight excluding hydrogens is 346 g/mol. The fourth-order valence-corrected chi connectivity index (χ4v) is 2.68. The lowest BCUT2D eigenvalue weighted by Gasteiger charge is -2.23. The molecule has 0 radical (unpaired) electrons. The average molecular weight is 369 g/mol. The molecule has 0 aliphatic rings. The molecule has 0 saturated carbocycles. The highest BCUT2D eigenvalue weighted by molar-refractivity contribution is 6.00. The molecule has 142 valence electrons. The van der Waals surface area contributed by atoms with Gasteiger partial charge in [0.1, 0.15) is 0 Å². The molecule has 2 rings (SSSR count). The van der Waals surface area contributed by atoms with Gasteiger partial charge in [0, 0.05) is 29.4 Å². The number of rotatable bonds is 8. The van der Waals surface area contributed by atoms with Crippen molar-refractivity contribution in [3.8, 4) is 0 Å². The third-order valence-corrected chi connectivity index (χ3v) is 4.16. The molecule has 0 bridgehead atoms. The zero-order valence-corrected chi connectivity index (χ0v) is 15.5. The highest BCUT2D eigenvalue weighted by atomic mass is 16.6. The maximum Gasteiger partial charge on any atom is 0.272 e. The van der Waals surface area contributed by atoms with Gasteiger partial charge in [-0.3, -0.25) is 19.7 Å². The summed E-state index contributed by atoms with van der Waals surface area (Å²) >= 11 is 0. The number of amides is 2. The molecule has 0 saturated heterocycles. The summed E-state index contributed by atoms with van der Waals surface area (Å²) in [5, 5.41) is 13.5. The van der Waals surface area contributed by atoms with Gasteiger partial charge in [-0.25, -0.2) is 0 Å². The number of nitrogens with zero attached hydrogens (tertiary/aromatic N) is 2. The quantitative estimate of drug-likeness (QED) is 0.570. The highest BCUT2D eigenvalue weighted by Crippen LogP contribution is 2.19. The van der Waals surface area contributed by atoms with Crippen LogP contribution in [0.25, 0.3) is 0 Å². The molecule has 0 aliphatic heterocycles. The van der Waals surface area contributed by atoms with E-state index in [9.17, 15) is 19.7 Å². The molecule has 0 unspecified atom stereocenters. The number of anilines is 1. The lowest BCUT2D eigenvalue weighted by molar-refractivity contribution is -0.385. The van der Waals surface area contributed by atoms with Crippen LogP contribution in [-0.2, 0) is 4.79 Å². The van der Waals surface area contributed by atoms with E-state index in [1.807, 2.05) is 37.3 Å². The molecule has 0 atom stereocenters. The number of nitrogens with one attached hydrogen (secondary N) is 1. The van der Waals surface area contributed by atoms with Crippen LogP contribution in [0, 0.1) is 17.0 Å². The topological polar surface area (TPSA) is 92.6 Å². The molecule has 0 aliphatic carbocycles. The van der Waals surface area contributed by atoms with Crippen LogP contribution in [0.5, 0.6) is 0 Å². The van der Waals surface area contributed by atoms with Crippen LogP contribution in [0.15, 0.2) is 48.5 Å². The minimum absolute atomic E-state index is 0.0440. The predicted octanol–water partition coefficient (Wildman–Crippen LogP) is 3.47. The molecule has 0 heterocycles. The summed E-state index contributed by atoms with van der Waals surface area (Å²) in [6, 6.07) is 13.4. The molecule has 27 heavy (non-hydrogen) atoms. The number of nitro groups is 1. The number of nitro benzene ring substituents is 1. The van der Waals surface area contributed by atoms with Crippen LogP contribution in [0.1, 0.15) is 35.7 Å². The van der Waals surface area contributed by atoms with Gasteiger partial charge in [0.15, 0.2) is 0 Å². The smallest absolute Gasteiger partial charge is 0.272 e. The molecule has 0 fully saturated rings. The largest absolute Gasteiger partial charge is 0.343 e. The van der Waals surface area contributed by atoms with Gasteiger partial charge in [-0.2, -0.15) is 0 Å². The van der Waals surface area contributed by atoms with Crippen molar-refractivity contribution in [3.63, 3.8) is 0 Å². The molecular formula is C20H23N3O4. The second kappa shape index (κ2) is 9.47. The van der Waals surface area contributed by atoms with Crippen LogP contribution >= 0.6 is 0 Å². The summed E-state index contributed by atoms with van der Waals surface area (Å²) in [6.07, 6.45) is 1.81. The number of carbonyl (C=O) groups excluding carboxylic acids is 2. The van der Waals surface area contributed by atoms with Crippen molar-refractivity contribution in [2.24, 2.45) is 0 Å². The average Bonchev–Trinajstić information content (AvgIpc) is 2.66. The summed E-state index contributed by atoms with van der Waals surface area (Å²) in [7, 11) is 0. The Morgan fingerprint density at radius 1 is 1.15 bits per heavy atom. The van der Waals surface area contributed by atoms with Gasteiger partial charge in [0.25, 0.3) is 11.6 Å². The van der Waals surface area contributed by atoms with Crippen LogP contribution in [0.2, 0.25) is 0 Å². The Hall–Kier alpha value is -3.22. The van der Waals surface area contributed by atoms with Crippen molar-refractivity contribution < 1.29 is 14.5 Å². The molecule has 0 spiro atoms. The molecule has 1 N–H and O–H groups in total. The first-order chi connectivity index (χ1) is 12.9. The van der Waals surface area contributed by atoms with Crippen molar-refractivity contribution in [1.29, 1.82) is 0 Å². The number of unbranched alkanes of at least 4 members (excludes halogenated alkanes) is 1. The van der Waals surface area contributed by atoms with E-state index in [1.54, 1.807) is 11.8 Å². The van der Waals surface area contributed by atoms with E-state index < -0.39 is 10.8 Å². The van der Waals surface area contributed by atoms with E-state index in [1.165, 1.54) is 18.2 Å². The molecule has 2 amide bonds. The second-order valence-corrected chi connectivity index (χ2v) is 6.18. The Morgan fingerprint density at radius 3 is 2.44 bits per heavy atom. The first-order valence-corrected chi connectivity index (χ1v) is 8.82. The Balaban J connectivity index is 2.04. The third-order valence-electron chi connectivity index (χ3n) is 4.16. The van der Waals surface area contributed by atoms with E-state index >= 15 is 0 Å².